The Hall–Kier alpha value is -0.550. The van der Waals surface area contributed by atoms with Crippen LogP contribution >= 0.6 is 38.9 Å². The second-order valence-electron chi connectivity index (χ2n) is 3.45. The van der Waals surface area contributed by atoms with Crippen LogP contribution in [0.15, 0.2) is 34.1 Å². The monoisotopic (exact) mass is 331 g/mol. The van der Waals surface area contributed by atoms with Crippen LogP contribution in [0.25, 0.3) is 0 Å². The van der Waals surface area contributed by atoms with Crippen molar-refractivity contribution in [2.45, 2.75) is 13.2 Å². The normalized spacial score (nSPS) is 10.5. The van der Waals surface area contributed by atoms with E-state index in [9.17, 15) is 0 Å². The Labute approximate surface area is 117 Å². The number of thiophene rings is 1. The molecule has 1 aromatic carbocycles. The molecule has 0 aliphatic carbocycles. The average molecular weight is 333 g/mol. The summed E-state index contributed by atoms with van der Waals surface area (Å²) in [6, 6.07) is 7.61. The quantitative estimate of drug-likeness (QED) is 0.910. The number of hydrogen-bond acceptors (Lipinski definition) is 3. The molecule has 2 N–H and O–H groups in total. The van der Waals surface area contributed by atoms with E-state index < -0.39 is 0 Å². The van der Waals surface area contributed by atoms with E-state index in [1.54, 1.807) is 11.3 Å². The van der Waals surface area contributed by atoms with Crippen molar-refractivity contribution in [1.29, 1.82) is 0 Å². The number of nitrogens with two attached hydrogens (primary N) is 1. The SMILES string of the molecule is NCc1ccc(OCc2sccc2Br)c(Cl)c1. The largest absolute Gasteiger partial charge is 0.486 e. The molecule has 1 heterocycles. The number of benzene rings is 1. The van der Waals surface area contributed by atoms with Gasteiger partial charge in [0.1, 0.15) is 12.4 Å². The minimum absolute atomic E-state index is 0.483. The smallest absolute Gasteiger partial charge is 0.138 e. The molecule has 0 aliphatic rings. The molecule has 2 rings (SSSR count). The van der Waals surface area contributed by atoms with Gasteiger partial charge in [-0.15, -0.1) is 11.3 Å². The second kappa shape index (κ2) is 5.87. The van der Waals surface area contributed by atoms with Gasteiger partial charge in [-0.05, 0) is 45.1 Å². The van der Waals surface area contributed by atoms with E-state index in [-0.39, 0.29) is 0 Å². The molecule has 0 saturated heterocycles. The van der Waals surface area contributed by atoms with E-state index in [2.05, 4.69) is 15.9 Å². The first-order chi connectivity index (χ1) is 8.20. The lowest BCUT2D eigenvalue weighted by molar-refractivity contribution is 0.309. The molecule has 90 valence electrons. The van der Waals surface area contributed by atoms with Gasteiger partial charge in [-0.25, -0.2) is 0 Å². The van der Waals surface area contributed by atoms with Crippen LogP contribution in [0.5, 0.6) is 5.75 Å². The standard InChI is InChI=1S/C12H11BrClNOS/c13-9-3-4-17-12(9)7-16-11-2-1-8(6-15)5-10(11)14/h1-5H,6-7,15H2. The number of ether oxygens (including phenoxy) is 1. The predicted octanol–water partition coefficient (Wildman–Crippen LogP) is 4.20. The third-order valence-corrected chi connectivity index (χ3v) is 4.48. The fourth-order valence-corrected chi connectivity index (χ4v) is 3.00. The topological polar surface area (TPSA) is 35.2 Å². The zero-order chi connectivity index (χ0) is 12.3. The van der Waals surface area contributed by atoms with Crippen LogP contribution in [0.1, 0.15) is 10.4 Å². The van der Waals surface area contributed by atoms with Crippen molar-refractivity contribution >= 4 is 38.9 Å². The summed E-state index contributed by atoms with van der Waals surface area (Å²) in [6.45, 7) is 0.996. The van der Waals surface area contributed by atoms with Crippen molar-refractivity contribution in [2.24, 2.45) is 5.73 Å². The zero-order valence-electron chi connectivity index (χ0n) is 8.95. The lowest BCUT2D eigenvalue weighted by atomic mass is 10.2. The summed E-state index contributed by atoms with van der Waals surface area (Å²) in [5, 5.41) is 2.61. The van der Waals surface area contributed by atoms with Gasteiger partial charge in [0.25, 0.3) is 0 Å². The molecular weight excluding hydrogens is 322 g/mol. The van der Waals surface area contributed by atoms with Gasteiger partial charge in [0, 0.05) is 11.0 Å². The third-order valence-electron chi connectivity index (χ3n) is 2.28. The Balaban J connectivity index is 2.07. The summed E-state index contributed by atoms with van der Waals surface area (Å²) in [6.07, 6.45) is 0. The lowest BCUT2D eigenvalue weighted by Gasteiger charge is -2.08. The third kappa shape index (κ3) is 3.22. The van der Waals surface area contributed by atoms with E-state index >= 15 is 0 Å². The molecule has 0 saturated carbocycles. The van der Waals surface area contributed by atoms with E-state index in [1.807, 2.05) is 29.6 Å². The highest BCUT2D eigenvalue weighted by atomic mass is 79.9. The van der Waals surface area contributed by atoms with Crippen LogP contribution < -0.4 is 10.5 Å². The molecule has 0 amide bonds. The first kappa shape index (κ1) is 12.9. The highest BCUT2D eigenvalue weighted by Crippen LogP contribution is 2.28. The molecule has 17 heavy (non-hydrogen) atoms. The molecule has 0 unspecified atom stereocenters. The summed E-state index contributed by atoms with van der Waals surface area (Å²) < 4.78 is 6.74. The van der Waals surface area contributed by atoms with Crippen molar-refractivity contribution in [3.05, 3.63) is 49.6 Å². The minimum atomic E-state index is 0.483. The van der Waals surface area contributed by atoms with E-state index in [4.69, 9.17) is 22.1 Å². The summed E-state index contributed by atoms with van der Waals surface area (Å²) in [4.78, 5) is 1.14. The van der Waals surface area contributed by atoms with Gasteiger partial charge in [-0.1, -0.05) is 17.7 Å². The molecule has 0 spiro atoms. The summed E-state index contributed by atoms with van der Waals surface area (Å²) in [5.74, 6) is 0.684. The van der Waals surface area contributed by atoms with Crippen LogP contribution in [0.4, 0.5) is 0 Å². The van der Waals surface area contributed by atoms with Crippen molar-refractivity contribution in [3.63, 3.8) is 0 Å². The summed E-state index contributed by atoms with van der Waals surface area (Å²) in [5.41, 5.74) is 6.54. The van der Waals surface area contributed by atoms with E-state index in [0.717, 1.165) is 14.9 Å². The van der Waals surface area contributed by atoms with Crippen LogP contribution in [0.2, 0.25) is 5.02 Å². The molecule has 0 bridgehead atoms. The number of halogens is 2. The Morgan fingerprint density at radius 1 is 1.35 bits per heavy atom. The van der Waals surface area contributed by atoms with Crippen molar-refractivity contribution < 1.29 is 4.74 Å². The van der Waals surface area contributed by atoms with E-state index in [1.165, 1.54) is 0 Å². The predicted molar refractivity (Wildman–Crippen MR) is 75.7 cm³/mol. The maximum atomic E-state index is 6.10. The number of rotatable bonds is 4. The number of hydrogen-bond donors (Lipinski definition) is 1. The lowest BCUT2D eigenvalue weighted by Crippen LogP contribution is -1.98. The van der Waals surface area contributed by atoms with Crippen LogP contribution in [-0.2, 0) is 13.2 Å². The summed E-state index contributed by atoms with van der Waals surface area (Å²) in [7, 11) is 0. The highest BCUT2D eigenvalue weighted by Gasteiger charge is 2.05. The molecule has 2 aromatic rings. The highest BCUT2D eigenvalue weighted by molar-refractivity contribution is 9.10. The van der Waals surface area contributed by atoms with Gasteiger partial charge in [-0.3, -0.25) is 0 Å². The van der Waals surface area contributed by atoms with Gasteiger partial charge in [0.15, 0.2) is 0 Å². The second-order valence-corrected chi connectivity index (χ2v) is 5.71. The molecule has 1 aromatic heterocycles. The Kier molecular flexibility index (Phi) is 4.45. The zero-order valence-corrected chi connectivity index (χ0v) is 12.1. The van der Waals surface area contributed by atoms with E-state index in [0.29, 0.717) is 23.9 Å². The van der Waals surface area contributed by atoms with Gasteiger partial charge >= 0.3 is 0 Å². The molecule has 5 heteroatoms. The molecule has 0 aliphatic heterocycles. The van der Waals surface area contributed by atoms with Crippen molar-refractivity contribution in [1.82, 2.24) is 0 Å². The Morgan fingerprint density at radius 2 is 2.18 bits per heavy atom. The van der Waals surface area contributed by atoms with Crippen LogP contribution in [0, 0.1) is 0 Å². The summed E-state index contributed by atoms with van der Waals surface area (Å²) >= 11 is 11.2. The van der Waals surface area contributed by atoms with Crippen LogP contribution in [0.3, 0.4) is 0 Å². The van der Waals surface area contributed by atoms with Gasteiger partial charge in [0.05, 0.1) is 9.90 Å². The first-order valence-electron chi connectivity index (χ1n) is 5.04. The molecule has 0 radical (unpaired) electrons. The maximum absolute atomic E-state index is 6.10. The average Bonchev–Trinajstić information content (AvgIpc) is 2.73. The van der Waals surface area contributed by atoms with Crippen molar-refractivity contribution in [3.8, 4) is 5.75 Å². The van der Waals surface area contributed by atoms with Gasteiger partial charge in [-0.2, -0.15) is 0 Å². The minimum Gasteiger partial charge on any atom is -0.486 e. The first-order valence-corrected chi connectivity index (χ1v) is 7.09. The molecule has 2 nitrogen and oxygen atoms in total. The van der Waals surface area contributed by atoms with Crippen LogP contribution in [-0.4, -0.2) is 0 Å². The maximum Gasteiger partial charge on any atom is 0.138 e. The van der Waals surface area contributed by atoms with Gasteiger partial charge < -0.3 is 10.5 Å². The molecule has 0 fully saturated rings. The Morgan fingerprint density at radius 3 is 2.76 bits per heavy atom. The molecular formula is C12H11BrClNOS. The Bertz CT molecular complexity index is 515. The van der Waals surface area contributed by atoms with Gasteiger partial charge in [0.2, 0.25) is 0 Å². The fraction of sp³-hybridized carbons (Fsp3) is 0.167. The fourth-order valence-electron chi connectivity index (χ4n) is 1.36. The van der Waals surface area contributed by atoms with Crippen molar-refractivity contribution in [2.75, 3.05) is 0 Å². The molecule has 0 atom stereocenters.